The van der Waals surface area contributed by atoms with Crippen LogP contribution in [0.25, 0.3) is 0 Å². The quantitative estimate of drug-likeness (QED) is 0.473. The number of rotatable bonds is 9. The van der Waals surface area contributed by atoms with Crippen molar-refractivity contribution in [1.29, 1.82) is 0 Å². The van der Waals surface area contributed by atoms with E-state index in [4.69, 9.17) is 25.8 Å². The maximum Gasteiger partial charge on any atom is 0.320 e. The Balaban J connectivity index is 2.49. The molecule has 0 saturated heterocycles. The van der Waals surface area contributed by atoms with Crippen molar-refractivity contribution in [1.82, 2.24) is 0 Å². The summed E-state index contributed by atoms with van der Waals surface area (Å²) in [5, 5.41) is 26.1. The molecular weight excluding hydrogens is 294 g/mol. The molecule has 0 unspecified atom stereocenters. The van der Waals surface area contributed by atoms with Crippen molar-refractivity contribution in [2.45, 2.75) is 18.9 Å². The van der Waals surface area contributed by atoms with Gasteiger partial charge in [0.25, 0.3) is 0 Å². The number of aliphatic carboxylic acids is 3. The second kappa shape index (κ2) is 7.99. The Labute approximate surface area is 126 Å². The number of hydrogen-bond donors (Lipinski definition) is 4. The highest BCUT2D eigenvalue weighted by atomic mass is 16.5. The topological polar surface area (TPSA) is 147 Å². The lowest BCUT2D eigenvalue weighted by molar-refractivity contribution is -0.155. The molecule has 0 fully saturated rings. The van der Waals surface area contributed by atoms with Crippen molar-refractivity contribution < 1.29 is 34.4 Å². The van der Waals surface area contributed by atoms with E-state index in [2.05, 4.69) is 0 Å². The van der Waals surface area contributed by atoms with Crippen LogP contribution in [0.4, 0.5) is 0 Å². The molecule has 0 saturated carbocycles. The Kier molecular flexibility index (Phi) is 6.33. The van der Waals surface area contributed by atoms with Crippen molar-refractivity contribution in [2.24, 2.45) is 11.7 Å². The zero-order valence-electron chi connectivity index (χ0n) is 11.6. The second-order valence-corrected chi connectivity index (χ2v) is 4.66. The normalized spacial score (nSPS) is 11.9. The van der Waals surface area contributed by atoms with E-state index in [1.807, 2.05) is 0 Å². The van der Waals surface area contributed by atoms with Crippen LogP contribution in [0.2, 0.25) is 0 Å². The molecule has 0 aliphatic carbocycles. The van der Waals surface area contributed by atoms with E-state index in [-0.39, 0.29) is 19.4 Å². The number of hydrogen-bond acceptors (Lipinski definition) is 5. The molecule has 1 atom stereocenters. The maximum atomic E-state index is 10.7. The third-order valence-electron chi connectivity index (χ3n) is 2.97. The summed E-state index contributed by atoms with van der Waals surface area (Å²) in [6.07, 6.45) is 0.0199. The highest BCUT2D eigenvalue weighted by Gasteiger charge is 2.25. The van der Waals surface area contributed by atoms with Gasteiger partial charge in [-0.1, -0.05) is 12.1 Å². The van der Waals surface area contributed by atoms with Gasteiger partial charge < -0.3 is 25.8 Å². The fraction of sp³-hybridized carbons (Fsp3) is 0.357. The minimum Gasteiger partial charge on any atom is -0.494 e. The average molecular weight is 311 g/mol. The molecule has 0 aromatic heterocycles. The number of carboxylic acid groups (broad SMARTS) is 3. The minimum absolute atomic E-state index is 0.0583. The van der Waals surface area contributed by atoms with E-state index in [1.54, 1.807) is 24.3 Å². The van der Waals surface area contributed by atoms with Crippen molar-refractivity contribution in [3.63, 3.8) is 0 Å². The lowest BCUT2D eigenvalue weighted by atomic mass is 10.1. The SMILES string of the molecule is N[C@H](Cc1ccc(OCCC(C(=O)O)C(=O)O)cc1)C(=O)O. The van der Waals surface area contributed by atoms with Crippen LogP contribution in [0.5, 0.6) is 5.75 Å². The van der Waals surface area contributed by atoms with Gasteiger partial charge in [0.1, 0.15) is 11.8 Å². The molecule has 5 N–H and O–H groups in total. The Morgan fingerprint density at radius 3 is 2.00 bits per heavy atom. The standard InChI is InChI=1S/C14H17NO7/c15-11(14(20)21)7-8-1-3-9(4-2-8)22-6-5-10(12(16)17)13(18)19/h1-4,10-11H,5-7,15H2,(H,16,17)(H,18,19)(H,20,21)/t11-/m1/s1. The summed E-state index contributed by atoms with van der Waals surface area (Å²) in [5.74, 6) is -4.98. The molecule has 8 nitrogen and oxygen atoms in total. The van der Waals surface area contributed by atoms with Gasteiger partial charge in [0.15, 0.2) is 5.92 Å². The van der Waals surface area contributed by atoms with Crippen LogP contribution >= 0.6 is 0 Å². The summed E-state index contributed by atoms with van der Waals surface area (Å²) in [7, 11) is 0. The maximum absolute atomic E-state index is 10.7. The summed E-state index contributed by atoms with van der Waals surface area (Å²) >= 11 is 0. The largest absolute Gasteiger partial charge is 0.494 e. The molecule has 0 aliphatic rings. The van der Waals surface area contributed by atoms with Crippen molar-refractivity contribution in [3.05, 3.63) is 29.8 Å². The minimum atomic E-state index is -1.51. The molecule has 1 aromatic carbocycles. The number of nitrogens with two attached hydrogens (primary N) is 1. The van der Waals surface area contributed by atoms with Gasteiger partial charge in [0.2, 0.25) is 0 Å². The van der Waals surface area contributed by atoms with Gasteiger partial charge in [-0.15, -0.1) is 0 Å². The van der Waals surface area contributed by atoms with Gasteiger partial charge in [-0.3, -0.25) is 14.4 Å². The molecule has 0 aliphatic heterocycles. The summed E-state index contributed by atoms with van der Waals surface area (Å²) in [6.45, 7) is -0.0583. The molecule has 0 radical (unpaired) electrons. The molecule has 120 valence electrons. The second-order valence-electron chi connectivity index (χ2n) is 4.66. The first-order chi connectivity index (χ1) is 10.3. The van der Waals surface area contributed by atoms with E-state index >= 15 is 0 Å². The predicted octanol–water partition coefficient (Wildman–Crippen LogP) is 0.195. The van der Waals surface area contributed by atoms with E-state index in [1.165, 1.54) is 0 Å². The summed E-state index contributed by atoms with van der Waals surface area (Å²) in [4.78, 5) is 32.0. The lowest BCUT2D eigenvalue weighted by Gasteiger charge is -2.10. The average Bonchev–Trinajstić information content (AvgIpc) is 2.44. The smallest absolute Gasteiger partial charge is 0.320 e. The summed E-state index contributed by atoms with van der Waals surface area (Å²) in [6, 6.07) is 5.47. The Bertz CT molecular complexity index is 527. The zero-order valence-corrected chi connectivity index (χ0v) is 11.6. The first-order valence-corrected chi connectivity index (χ1v) is 6.47. The third kappa shape index (κ3) is 5.41. The van der Waals surface area contributed by atoms with Crippen LogP contribution in [0.1, 0.15) is 12.0 Å². The van der Waals surface area contributed by atoms with Crippen LogP contribution in [-0.4, -0.2) is 45.9 Å². The predicted molar refractivity (Wildman–Crippen MR) is 74.6 cm³/mol. The Morgan fingerprint density at radius 2 is 1.55 bits per heavy atom. The van der Waals surface area contributed by atoms with Crippen molar-refractivity contribution in [3.8, 4) is 5.75 Å². The van der Waals surface area contributed by atoms with Crippen molar-refractivity contribution >= 4 is 17.9 Å². The summed E-state index contributed by atoms with van der Waals surface area (Å²) < 4.78 is 5.27. The Morgan fingerprint density at radius 1 is 1.00 bits per heavy atom. The fourth-order valence-electron chi connectivity index (χ4n) is 1.71. The van der Waals surface area contributed by atoms with E-state index in [9.17, 15) is 14.4 Å². The molecule has 8 heteroatoms. The van der Waals surface area contributed by atoms with Crippen LogP contribution in [0.3, 0.4) is 0 Å². The molecule has 0 heterocycles. The molecule has 1 rings (SSSR count). The van der Waals surface area contributed by atoms with Crippen LogP contribution in [0.15, 0.2) is 24.3 Å². The highest BCUT2D eigenvalue weighted by molar-refractivity contribution is 5.92. The number of ether oxygens (including phenoxy) is 1. The van der Waals surface area contributed by atoms with Crippen molar-refractivity contribution in [2.75, 3.05) is 6.61 Å². The van der Waals surface area contributed by atoms with Gasteiger partial charge in [-0.2, -0.15) is 0 Å². The number of carbonyl (C=O) groups is 3. The first kappa shape index (κ1) is 17.4. The van der Waals surface area contributed by atoms with Gasteiger partial charge in [0, 0.05) is 6.42 Å². The van der Waals surface area contributed by atoms with Crippen LogP contribution < -0.4 is 10.5 Å². The summed E-state index contributed by atoms with van der Waals surface area (Å²) in [5.41, 5.74) is 6.13. The highest BCUT2D eigenvalue weighted by Crippen LogP contribution is 2.14. The molecule has 22 heavy (non-hydrogen) atoms. The van der Waals surface area contributed by atoms with E-state index in [0.29, 0.717) is 5.75 Å². The van der Waals surface area contributed by atoms with Gasteiger partial charge in [-0.25, -0.2) is 0 Å². The molecule has 0 bridgehead atoms. The Hall–Kier alpha value is -2.61. The van der Waals surface area contributed by atoms with Crippen LogP contribution in [0, 0.1) is 5.92 Å². The number of carboxylic acids is 3. The fourth-order valence-corrected chi connectivity index (χ4v) is 1.71. The molecule has 1 aromatic rings. The van der Waals surface area contributed by atoms with Gasteiger partial charge in [-0.05, 0) is 24.1 Å². The zero-order chi connectivity index (χ0) is 16.7. The van der Waals surface area contributed by atoms with Crippen LogP contribution in [-0.2, 0) is 20.8 Å². The molecule has 0 spiro atoms. The molecule has 0 amide bonds. The van der Waals surface area contributed by atoms with Gasteiger partial charge in [0.05, 0.1) is 6.61 Å². The molecular formula is C14H17NO7. The third-order valence-corrected chi connectivity index (χ3v) is 2.97. The van der Waals surface area contributed by atoms with Gasteiger partial charge >= 0.3 is 17.9 Å². The number of benzene rings is 1. The van der Waals surface area contributed by atoms with E-state index in [0.717, 1.165) is 5.56 Å². The first-order valence-electron chi connectivity index (χ1n) is 6.47. The lowest BCUT2D eigenvalue weighted by Crippen LogP contribution is -2.32. The monoisotopic (exact) mass is 311 g/mol. The van der Waals surface area contributed by atoms with E-state index < -0.39 is 29.9 Å².